The molecule has 0 unspecified atom stereocenters. The Bertz CT molecular complexity index is 401. The molecular formula is C9H8ClF2N3. The van der Waals surface area contributed by atoms with Crippen molar-refractivity contribution in [1.29, 1.82) is 5.26 Å². The lowest BCUT2D eigenvalue weighted by molar-refractivity contribution is 0.149. The topological polar surface area (TPSA) is 62.7 Å². The largest absolute Gasteiger partial charge is 0.384 e. The third-order valence-electron chi connectivity index (χ3n) is 1.86. The van der Waals surface area contributed by atoms with Crippen LogP contribution in [0.1, 0.15) is 23.2 Å². The van der Waals surface area contributed by atoms with Crippen molar-refractivity contribution in [2.24, 2.45) is 0 Å². The first-order chi connectivity index (χ1) is 7.10. The third kappa shape index (κ3) is 2.54. The maximum Gasteiger partial charge on any atom is 0.265 e. The summed E-state index contributed by atoms with van der Waals surface area (Å²) in [5.41, 5.74) is 5.36. The van der Waals surface area contributed by atoms with E-state index in [4.69, 9.17) is 22.6 Å². The first-order valence-corrected chi connectivity index (χ1v) is 4.62. The zero-order valence-corrected chi connectivity index (χ0v) is 8.43. The number of pyridine rings is 1. The summed E-state index contributed by atoms with van der Waals surface area (Å²) in [6.07, 6.45) is -2.83. The van der Waals surface area contributed by atoms with Gasteiger partial charge in [-0.1, -0.05) is 0 Å². The Hall–Kier alpha value is -1.41. The van der Waals surface area contributed by atoms with Gasteiger partial charge in [0, 0.05) is 5.56 Å². The van der Waals surface area contributed by atoms with E-state index in [1.807, 2.05) is 0 Å². The Morgan fingerprint density at radius 1 is 1.60 bits per heavy atom. The van der Waals surface area contributed by atoms with Crippen LogP contribution in [0.2, 0.25) is 0 Å². The van der Waals surface area contributed by atoms with Crippen LogP contribution in [0.15, 0.2) is 6.07 Å². The minimum Gasteiger partial charge on any atom is -0.384 e. The van der Waals surface area contributed by atoms with E-state index in [0.29, 0.717) is 0 Å². The standard InChI is InChI=1S/C9H8ClF2N3/c10-4-6-8(9(11)12)5(1-2-13)3-7(14)15-6/h3,9H,1,4H2,(H2,14,15). The van der Waals surface area contributed by atoms with Gasteiger partial charge in [0.05, 0.1) is 24.1 Å². The van der Waals surface area contributed by atoms with Crippen LogP contribution in [0.3, 0.4) is 0 Å². The predicted octanol–water partition coefficient (Wildman–Crippen LogP) is 2.41. The Morgan fingerprint density at radius 3 is 2.73 bits per heavy atom. The van der Waals surface area contributed by atoms with Crippen LogP contribution >= 0.6 is 11.6 Å². The second kappa shape index (κ2) is 4.89. The molecule has 1 rings (SSSR count). The van der Waals surface area contributed by atoms with Gasteiger partial charge in [-0.25, -0.2) is 13.8 Å². The molecule has 80 valence electrons. The molecule has 1 aromatic heterocycles. The van der Waals surface area contributed by atoms with Gasteiger partial charge in [0.25, 0.3) is 6.43 Å². The van der Waals surface area contributed by atoms with Crippen molar-refractivity contribution in [3.8, 4) is 6.07 Å². The normalized spacial score (nSPS) is 10.3. The highest BCUT2D eigenvalue weighted by Gasteiger charge is 2.19. The number of halogens is 3. The molecule has 1 heterocycles. The van der Waals surface area contributed by atoms with Crippen molar-refractivity contribution >= 4 is 17.4 Å². The summed E-state index contributed by atoms with van der Waals surface area (Å²) < 4.78 is 25.4. The van der Waals surface area contributed by atoms with Gasteiger partial charge in [-0.15, -0.1) is 11.6 Å². The van der Waals surface area contributed by atoms with Crippen molar-refractivity contribution in [3.05, 3.63) is 22.9 Å². The van der Waals surface area contributed by atoms with E-state index >= 15 is 0 Å². The Labute approximate surface area is 90.5 Å². The molecule has 0 spiro atoms. The molecule has 1 aromatic rings. The van der Waals surface area contributed by atoms with Crippen LogP contribution in [0.4, 0.5) is 14.6 Å². The van der Waals surface area contributed by atoms with Crippen LogP contribution in [-0.4, -0.2) is 4.98 Å². The maximum absolute atomic E-state index is 12.7. The number of nitrogens with zero attached hydrogens (tertiary/aromatic N) is 2. The monoisotopic (exact) mass is 231 g/mol. The summed E-state index contributed by atoms with van der Waals surface area (Å²) in [7, 11) is 0. The summed E-state index contributed by atoms with van der Waals surface area (Å²) in [6.45, 7) is 0. The van der Waals surface area contributed by atoms with Crippen molar-refractivity contribution in [2.45, 2.75) is 18.7 Å². The fraction of sp³-hybridized carbons (Fsp3) is 0.333. The number of alkyl halides is 3. The zero-order chi connectivity index (χ0) is 11.4. The molecule has 0 radical (unpaired) electrons. The molecule has 0 aliphatic carbocycles. The minimum absolute atomic E-state index is 0.0388. The van der Waals surface area contributed by atoms with Crippen LogP contribution < -0.4 is 5.73 Å². The maximum atomic E-state index is 12.7. The van der Waals surface area contributed by atoms with Gasteiger partial charge in [0.15, 0.2) is 0 Å². The number of nitrogens with two attached hydrogens (primary N) is 1. The molecular weight excluding hydrogens is 224 g/mol. The first-order valence-electron chi connectivity index (χ1n) is 4.09. The van der Waals surface area contributed by atoms with Gasteiger partial charge in [0.2, 0.25) is 0 Å². The molecule has 0 bridgehead atoms. The molecule has 0 amide bonds. The smallest absolute Gasteiger partial charge is 0.265 e. The number of anilines is 1. The summed E-state index contributed by atoms with van der Waals surface area (Å²) in [6, 6.07) is 3.08. The van der Waals surface area contributed by atoms with E-state index in [2.05, 4.69) is 4.98 Å². The molecule has 0 saturated heterocycles. The average Bonchev–Trinajstić information content (AvgIpc) is 2.16. The molecule has 0 aliphatic rings. The number of nitrogen functional groups attached to an aromatic ring is 1. The van der Waals surface area contributed by atoms with E-state index < -0.39 is 6.43 Å². The fourth-order valence-electron chi connectivity index (χ4n) is 1.29. The van der Waals surface area contributed by atoms with Crippen LogP contribution in [0.5, 0.6) is 0 Å². The minimum atomic E-state index is -2.70. The van der Waals surface area contributed by atoms with E-state index in [-0.39, 0.29) is 34.9 Å². The lowest BCUT2D eigenvalue weighted by atomic mass is 10.0. The second-order valence-corrected chi connectivity index (χ2v) is 3.10. The zero-order valence-electron chi connectivity index (χ0n) is 7.67. The molecule has 6 heteroatoms. The lowest BCUT2D eigenvalue weighted by Gasteiger charge is -2.10. The first kappa shape index (κ1) is 11.7. The van der Waals surface area contributed by atoms with Crippen molar-refractivity contribution in [2.75, 3.05) is 5.73 Å². The van der Waals surface area contributed by atoms with Gasteiger partial charge in [-0.2, -0.15) is 5.26 Å². The molecule has 2 N–H and O–H groups in total. The molecule has 0 atom stereocenters. The summed E-state index contributed by atoms with van der Waals surface area (Å²) in [5, 5.41) is 8.49. The van der Waals surface area contributed by atoms with E-state index in [0.717, 1.165) is 0 Å². The summed E-state index contributed by atoms with van der Waals surface area (Å²) >= 11 is 5.49. The third-order valence-corrected chi connectivity index (χ3v) is 2.11. The fourth-order valence-corrected chi connectivity index (χ4v) is 1.49. The average molecular weight is 232 g/mol. The Balaban J connectivity index is 3.34. The number of hydrogen-bond acceptors (Lipinski definition) is 3. The molecule has 0 aromatic carbocycles. The second-order valence-electron chi connectivity index (χ2n) is 2.84. The van der Waals surface area contributed by atoms with Gasteiger partial charge in [0.1, 0.15) is 5.82 Å². The van der Waals surface area contributed by atoms with Gasteiger partial charge < -0.3 is 5.73 Å². The van der Waals surface area contributed by atoms with Crippen LogP contribution in [-0.2, 0) is 12.3 Å². The molecule has 0 saturated carbocycles. The van der Waals surface area contributed by atoms with E-state index in [1.165, 1.54) is 6.07 Å². The number of hydrogen-bond donors (Lipinski definition) is 1. The van der Waals surface area contributed by atoms with Gasteiger partial charge in [-0.3, -0.25) is 0 Å². The lowest BCUT2D eigenvalue weighted by Crippen LogP contribution is -2.05. The molecule has 3 nitrogen and oxygen atoms in total. The molecule has 0 fully saturated rings. The van der Waals surface area contributed by atoms with Crippen molar-refractivity contribution in [3.63, 3.8) is 0 Å². The van der Waals surface area contributed by atoms with E-state index in [9.17, 15) is 8.78 Å². The van der Waals surface area contributed by atoms with Gasteiger partial charge >= 0.3 is 0 Å². The molecule has 0 aliphatic heterocycles. The van der Waals surface area contributed by atoms with Crippen LogP contribution in [0.25, 0.3) is 0 Å². The Kier molecular flexibility index (Phi) is 3.81. The highest BCUT2D eigenvalue weighted by molar-refractivity contribution is 6.17. The van der Waals surface area contributed by atoms with Crippen molar-refractivity contribution < 1.29 is 8.78 Å². The SMILES string of the molecule is N#CCc1cc(N)nc(CCl)c1C(F)F. The quantitative estimate of drug-likeness (QED) is 0.813. The number of aromatic nitrogens is 1. The Morgan fingerprint density at radius 2 is 2.27 bits per heavy atom. The van der Waals surface area contributed by atoms with Crippen LogP contribution in [0, 0.1) is 11.3 Å². The highest BCUT2D eigenvalue weighted by Crippen LogP contribution is 2.28. The van der Waals surface area contributed by atoms with Gasteiger partial charge in [-0.05, 0) is 11.6 Å². The highest BCUT2D eigenvalue weighted by atomic mass is 35.5. The molecule has 15 heavy (non-hydrogen) atoms. The summed E-state index contributed by atoms with van der Waals surface area (Å²) in [5.74, 6) is -0.0522. The summed E-state index contributed by atoms with van der Waals surface area (Å²) in [4.78, 5) is 3.71. The van der Waals surface area contributed by atoms with E-state index in [1.54, 1.807) is 6.07 Å². The van der Waals surface area contributed by atoms with Crippen molar-refractivity contribution in [1.82, 2.24) is 4.98 Å². The number of rotatable bonds is 3. The predicted molar refractivity (Wildman–Crippen MR) is 52.5 cm³/mol. The number of nitriles is 1.